The summed E-state index contributed by atoms with van der Waals surface area (Å²) in [6.07, 6.45) is 0. The van der Waals surface area contributed by atoms with Gasteiger partial charge in [-0.15, -0.1) is 0 Å². The molecule has 126 valence electrons. The van der Waals surface area contributed by atoms with Crippen LogP contribution in [-0.2, 0) is 14.8 Å². The van der Waals surface area contributed by atoms with Crippen molar-refractivity contribution in [3.63, 3.8) is 0 Å². The minimum atomic E-state index is -4.43. The van der Waals surface area contributed by atoms with Gasteiger partial charge in [-0.05, 0) is 24.3 Å². The van der Waals surface area contributed by atoms with E-state index < -0.39 is 32.4 Å². The third-order valence-electron chi connectivity index (χ3n) is 2.93. The predicted molar refractivity (Wildman–Crippen MR) is 88.1 cm³/mol. The van der Waals surface area contributed by atoms with Gasteiger partial charge in [-0.2, -0.15) is 0 Å². The molecular formula is C14H11ClN2O6S. The molecule has 1 N–H and O–H groups in total. The lowest BCUT2D eigenvalue weighted by Gasteiger charge is -2.23. The number of hydrogen-bond donors (Lipinski definition) is 1. The van der Waals surface area contributed by atoms with E-state index in [-0.39, 0.29) is 16.4 Å². The van der Waals surface area contributed by atoms with Crippen molar-refractivity contribution in [3.05, 3.63) is 63.7 Å². The number of aliphatic carboxylic acids is 1. The van der Waals surface area contributed by atoms with Crippen molar-refractivity contribution in [2.45, 2.75) is 0 Å². The quantitative estimate of drug-likeness (QED) is 0.617. The van der Waals surface area contributed by atoms with E-state index in [1.54, 1.807) is 6.07 Å². The molecule has 2 aromatic rings. The second kappa shape index (κ2) is 6.85. The highest BCUT2D eigenvalue weighted by Gasteiger charge is 2.32. The van der Waals surface area contributed by atoms with E-state index in [9.17, 15) is 23.3 Å². The Kier molecular flexibility index (Phi) is 5.05. The molecule has 10 heteroatoms. The number of carboxylic acid groups (broad SMARTS) is 1. The van der Waals surface area contributed by atoms with Crippen LogP contribution < -0.4 is 4.31 Å². The summed E-state index contributed by atoms with van der Waals surface area (Å²) < 4.78 is 25.6. The summed E-state index contributed by atoms with van der Waals surface area (Å²) in [5.41, 5.74) is -0.790. The van der Waals surface area contributed by atoms with Gasteiger partial charge >= 0.3 is 5.97 Å². The lowest BCUT2D eigenvalue weighted by molar-refractivity contribution is -0.384. The van der Waals surface area contributed by atoms with Crippen LogP contribution in [0.2, 0.25) is 5.02 Å². The molecule has 0 spiro atoms. The van der Waals surface area contributed by atoms with Crippen LogP contribution in [0.3, 0.4) is 0 Å². The Hall–Kier alpha value is -2.65. The number of halogens is 1. The van der Waals surface area contributed by atoms with Gasteiger partial charge in [0.25, 0.3) is 15.7 Å². The predicted octanol–water partition coefficient (Wildman–Crippen LogP) is 2.80. The fourth-order valence-electron chi connectivity index (χ4n) is 2.05. The molecular weight excluding hydrogens is 360 g/mol. The van der Waals surface area contributed by atoms with Crippen molar-refractivity contribution in [3.8, 4) is 0 Å². The summed E-state index contributed by atoms with van der Waals surface area (Å²) >= 11 is 5.85. The smallest absolute Gasteiger partial charge is 0.320 e. The van der Waals surface area contributed by atoms with Crippen molar-refractivity contribution in [2.75, 3.05) is 10.1 Å². The van der Waals surface area contributed by atoms with E-state index in [1.165, 1.54) is 30.3 Å². The number of benzene rings is 2. The molecule has 0 amide bonds. The third-order valence-corrected chi connectivity index (χ3v) is 4.74. The lowest BCUT2D eigenvalue weighted by atomic mass is 10.2. The van der Waals surface area contributed by atoms with Crippen LogP contribution in [0.25, 0.3) is 0 Å². The molecule has 0 aliphatic carbocycles. The first kappa shape index (κ1) is 17.7. The molecule has 2 aromatic carbocycles. The molecule has 0 heterocycles. The molecule has 0 fully saturated rings. The van der Waals surface area contributed by atoms with Gasteiger partial charge in [-0.1, -0.05) is 29.8 Å². The van der Waals surface area contributed by atoms with E-state index in [4.69, 9.17) is 16.7 Å². The minimum Gasteiger partial charge on any atom is -0.480 e. The maximum Gasteiger partial charge on any atom is 0.320 e. The normalized spacial score (nSPS) is 11.0. The van der Waals surface area contributed by atoms with Crippen molar-refractivity contribution < 1.29 is 23.2 Å². The summed E-state index contributed by atoms with van der Waals surface area (Å²) in [7, 11) is -4.43. The Balaban J connectivity index is 2.75. The molecule has 0 saturated carbocycles. The highest BCUT2D eigenvalue weighted by atomic mass is 35.5. The maximum atomic E-state index is 12.5. The minimum absolute atomic E-state index is 0.0594. The topological polar surface area (TPSA) is 118 Å². The Bertz CT molecular complexity index is 885. The third kappa shape index (κ3) is 3.81. The molecule has 0 aromatic heterocycles. The van der Waals surface area contributed by atoms with Gasteiger partial charge in [0.1, 0.15) is 5.69 Å². The number of carboxylic acids is 1. The fraction of sp³-hybridized carbons (Fsp3) is 0.0714. The van der Waals surface area contributed by atoms with Crippen molar-refractivity contribution in [2.24, 2.45) is 0 Å². The zero-order chi connectivity index (χ0) is 17.9. The van der Waals surface area contributed by atoms with Crippen LogP contribution in [0, 0.1) is 10.1 Å². The zero-order valence-corrected chi connectivity index (χ0v) is 13.6. The summed E-state index contributed by atoms with van der Waals surface area (Å²) in [6, 6.07) is 10.9. The summed E-state index contributed by atoms with van der Waals surface area (Å²) in [5.74, 6) is -2.81. The van der Waals surface area contributed by atoms with E-state index in [1.807, 2.05) is 0 Å². The van der Waals surface area contributed by atoms with Gasteiger partial charge in [0.05, 0.1) is 10.6 Å². The number of hydrogen-bond acceptors (Lipinski definition) is 5. The van der Waals surface area contributed by atoms with Crippen LogP contribution in [-0.4, -0.2) is 30.2 Å². The molecule has 0 saturated heterocycles. The highest BCUT2D eigenvalue weighted by molar-refractivity contribution is 7.93. The zero-order valence-electron chi connectivity index (χ0n) is 12.0. The van der Waals surface area contributed by atoms with Gasteiger partial charge in [-0.25, -0.2) is 12.7 Å². The van der Waals surface area contributed by atoms with Crippen molar-refractivity contribution in [1.82, 2.24) is 0 Å². The van der Waals surface area contributed by atoms with E-state index in [0.29, 0.717) is 4.31 Å². The average Bonchev–Trinajstić information content (AvgIpc) is 2.46. The molecule has 8 nitrogen and oxygen atoms in total. The number of rotatable bonds is 6. The summed E-state index contributed by atoms with van der Waals surface area (Å²) in [5, 5.41) is 20.2. The van der Waals surface area contributed by atoms with Gasteiger partial charge in [0, 0.05) is 11.1 Å². The highest BCUT2D eigenvalue weighted by Crippen LogP contribution is 2.37. The van der Waals surface area contributed by atoms with E-state index in [2.05, 4.69) is 0 Å². The molecule has 24 heavy (non-hydrogen) atoms. The van der Waals surface area contributed by atoms with Crippen LogP contribution in [0.4, 0.5) is 17.1 Å². The molecule has 0 bridgehead atoms. The SMILES string of the molecule is O=C(O)CS(=O)(=O)N(c1ccccc1)c1cc(Cl)ccc1[N+](=O)[O-]. The molecule has 0 atom stereocenters. The van der Waals surface area contributed by atoms with Crippen LogP contribution in [0.5, 0.6) is 0 Å². The van der Waals surface area contributed by atoms with Crippen molar-refractivity contribution in [1.29, 1.82) is 0 Å². The van der Waals surface area contributed by atoms with Gasteiger partial charge in [0.15, 0.2) is 5.75 Å². The largest absolute Gasteiger partial charge is 0.480 e. The number of nitro benzene ring substituents is 1. The Morgan fingerprint density at radius 2 is 1.83 bits per heavy atom. The summed E-state index contributed by atoms with van der Waals surface area (Å²) in [4.78, 5) is 21.4. The Labute approximate surface area is 142 Å². The average molecular weight is 371 g/mol. The Morgan fingerprint density at radius 3 is 2.38 bits per heavy atom. The van der Waals surface area contributed by atoms with Crippen molar-refractivity contribution >= 4 is 44.7 Å². The van der Waals surface area contributed by atoms with Gasteiger partial charge in [-0.3, -0.25) is 14.9 Å². The van der Waals surface area contributed by atoms with Crippen LogP contribution in [0.1, 0.15) is 0 Å². The summed E-state index contributed by atoms with van der Waals surface area (Å²) in [6.45, 7) is 0. The second-order valence-electron chi connectivity index (χ2n) is 4.64. The standard InChI is InChI=1S/C14H11ClN2O6S/c15-10-6-7-12(17(20)21)13(8-10)16(11-4-2-1-3-5-11)24(22,23)9-14(18)19/h1-8H,9H2,(H,18,19). The first-order valence-corrected chi connectivity index (χ1v) is 8.45. The first-order valence-electron chi connectivity index (χ1n) is 6.46. The monoisotopic (exact) mass is 370 g/mol. The Morgan fingerprint density at radius 1 is 1.21 bits per heavy atom. The van der Waals surface area contributed by atoms with Crippen LogP contribution in [0.15, 0.2) is 48.5 Å². The lowest BCUT2D eigenvalue weighted by Crippen LogP contribution is -2.32. The van der Waals surface area contributed by atoms with E-state index in [0.717, 1.165) is 12.1 Å². The molecule has 0 aliphatic rings. The fourth-order valence-corrected chi connectivity index (χ4v) is 3.54. The molecule has 0 aliphatic heterocycles. The first-order chi connectivity index (χ1) is 11.2. The van der Waals surface area contributed by atoms with E-state index >= 15 is 0 Å². The number of nitrogens with zero attached hydrogens (tertiary/aromatic N) is 2. The maximum absolute atomic E-state index is 12.5. The number of anilines is 2. The molecule has 0 unspecified atom stereocenters. The van der Waals surface area contributed by atoms with Gasteiger partial charge in [0.2, 0.25) is 0 Å². The number of carbonyl (C=O) groups is 1. The van der Waals surface area contributed by atoms with Gasteiger partial charge < -0.3 is 5.11 Å². The second-order valence-corrected chi connectivity index (χ2v) is 6.89. The molecule has 2 rings (SSSR count). The van der Waals surface area contributed by atoms with Crippen LogP contribution >= 0.6 is 11.6 Å². The number of nitro groups is 1. The number of para-hydroxylation sites is 1. The molecule has 0 radical (unpaired) electrons. The number of sulfonamides is 1.